The summed E-state index contributed by atoms with van der Waals surface area (Å²) in [4.78, 5) is 16.0. The second kappa shape index (κ2) is 12.6. The third-order valence-corrected chi connectivity index (χ3v) is 8.63. The zero-order valence-corrected chi connectivity index (χ0v) is 21.2. The molecule has 7 heteroatoms. The summed E-state index contributed by atoms with van der Waals surface area (Å²) < 4.78 is 27.5. The Bertz CT molecular complexity index is 1190. The smallest absolute Gasteiger partial charge is 0.244 e. The maximum Gasteiger partial charge on any atom is 0.244 e. The van der Waals surface area contributed by atoms with E-state index in [2.05, 4.69) is 58.8 Å². The monoisotopic (exact) mass is 503 g/mol. The van der Waals surface area contributed by atoms with Gasteiger partial charge in [0.2, 0.25) is 15.9 Å². The van der Waals surface area contributed by atoms with Crippen LogP contribution in [0.15, 0.2) is 91.3 Å². The Morgan fingerprint density at radius 3 is 2.19 bits per heavy atom. The molecule has 1 aliphatic heterocycles. The fourth-order valence-corrected chi connectivity index (χ4v) is 6.38. The van der Waals surface area contributed by atoms with Gasteiger partial charge in [-0.2, -0.15) is 0 Å². The molecular weight excluding hydrogens is 470 g/mol. The van der Waals surface area contributed by atoms with E-state index in [4.69, 9.17) is 0 Å². The summed E-state index contributed by atoms with van der Waals surface area (Å²) in [7, 11) is -3.36. The molecule has 0 bridgehead atoms. The van der Waals surface area contributed by atoms with Crippen LogP contribution in [-0.4, -0.2) is 49.0 Å². The van der Waals surface area contributed by atoms with E-state index in [-0.39, 0.29) is 17.6 Å². The van der Waals surface area contributed by atoms with Crippen molar-refractivity contribution in [3.8, 4) is 0 Å². The van der Waals surface area contributed by atoms with Crippen LogP contribution in [0.5, 0.6) is 0 Å². The first kappa shape index (κ1) is 25.8. The van der Waals surface area contributed by atoms with Crippen molar-refractivity contribution in [2.75, 3.05) is 25.4 Å². The van der Waals surface area contributed by atoms with Crippen LogP contribution < -0.4 is 5.32 Å². The molecule has 1 aromatic heterocycles. The number of carbonyl (C=O) groups is 1. The van der Waals surface area contributed by atoms with Crippen molar-refractivity contribution < 1.29 is 13.2 Å². The summed E-state index contributed by atoms with van der Waals surface area (Å²) in [6.07, 6.45) is 8.48. The maximum atomic E-state index is 12.9. The van der Waals surface area contributed by atoms with Gasteiger partial charge in [0.15, 0.2) is 0 Å². The Balaban J connectivity index is 1.27. The summed E-state index contributed by atoms with van der Waals surface area (Å²) in [5, 5.41) is 2.76. The molecule has 0 unspecified atom stereocenters. The SMILES string of the molecule is O=C(C=Cc1cccnc1)NCCCS(=O)(=O)N1CCC(C(c2ccccc2)c2ccccc2)CC1. The normalized spacial score (nSPS) is 15.4. The van der Waals surface area contributed by atoms with Crippen LogP contribution in [0.25, 0.3) is 6.08 Å². The van der Waals surface area contributed by atoms with E-state index in [1.54, 1.807) is 28.8 Å². The van der Waals surface area contributed by atoms with Gasteiger partial charge in [0.05, 0.1) is 5.75 Å². The average molecular weight is 504 g/mol. The molecule has 1 saturated heterocycles. The zero-order valence-electron chi connectivity index (χ0n) is 20.4. The van der Waals surface area contributed by atoms with Gasteiger partial charge in [0.1, 0.15) is 0 Å². The lowest BCUT2D eigenvalue weighted by molar-refractivity contribution is -0.116. The quantitative estimate of drug-likeness (QED) is 0.327. The van der Waals surface area contributed by atoms with Crippen LogP contribution in [0.1, 0.15) is 41.9 Å². The highest BCUT2D eigenvalue weighted by Crippen LogP contribution is 2.38. The standard InChI is InChI=1S/C29H33N3O3S/c33-28(15-14-24-9-7-18-30-23-24)31-19-8-22-36(34,35)32-20-16-27(17-21-32)29(25-10-3-1-4-11-25)26-12-5-2-6-13-26/h1-7,9-15,18,23,27,29H,8,16-17,19-22H2,(H,31,33). The van der Waals surface area contributed by atoms with E-state index >= 15 is 0 Å². The number of nitrogens with zero attached hydrogens (tertiary/aromatic N) is 2. The third-order valence-electron chi connectivity index (χ3n) is 6.67. The molecule has 0 radical (unpaired) electrons. The molecule has 1 amide bonds. The first-order valence-electron chi connectivity index (χ1n) is 12.5. The second-order valence-corrected chi connectivity index (χ2v) is 11.2. The Morgan fingerprint density at radius 1 is 0.972 bits per heavy atom. The molecule has 2 aromatic carbocycles. The number of sulfonamides is 1. The fourth-order valence-electron chi connectivity index (χ4n) is 4.85. The van der Waals surface area contributed by atoms with Crippen LogP contribution >= 0.6 is 0 Å². The molecule has 1 fully saturated rings. The number of benzene rings is 2. The lowest BCUT2D eigenvalue weighted by atomic mass is 9.76. The molecule has 3 aromatic rings. The summed E-state index contributed by atoms with van der Waals surface area (Å²) in [6.45, 7) is 1.38. The molecule has 4 rings (SSSR count). The van der Waals surface area contributed by atoms with Crippen molar-refractivity contribution in [1.29, 1.82) is 0 Å². The van der Waals surface area contributed by atoms with Crippen molar-refractivity contribution in [2.45, 2.75) is 25.2 Å². The number of aromatic nitrogens is 1. The molecule has 36 heavy (non-hydrogen) atoms. The minimum atomic E-state index is -3.36. The highest BCUT2D eigenvalue weighted by molar-refractivity contribution is 7.89. The van der Waals surface area contributed by atoms with E-state index < -0.39 is 10.0 Å². The number of hydrogen-bond acceptors (Lipinski definition) is 4. The Kier molecular flexibility index (Phi) is 9.03. The van der Waals surface area contributed by atoms with Gasteiger partial charge in [-0.15, -0.1) is 0 Å². The first-order valence-corrected chi connectivity index (χ1v) is 14.1. The van der Waals surface area contributed by atoms with Gasteiger partial charge in [-0.1, -0.05) is 66.7 Å². The van der Waals surface area contributed by atoms with Crippen LogP contribution in [0.3, 0.4) is 0 Å². The third kappa shape index (κ3) is 7.12. The van der Waals surface area contributed by atoms with Gasteiger partial charge in [0.25, 0.3) is 0 Å². The molecule has 0 spiro atoms. The predicted molar refractivity (Wildman–Crippen MR) is 144 cm³/mol. The number of hydrogen-bond donors (Lipinski definition) is 1. The minimum absolute atomic E-state index is 0.0328. The Labute approximate surface area is 214 Å². The van der Waals surface area contributed by atoms with Gasteiger partial charge < -0.3 is 5.32 Å². The summed E-state index contributed by atoms with van der Waals surface area (Å²) in [5.74, 6) is 0.426. The highest BCUT2D eigenvalue weighted by Gasteiger charge is 2.32. The predicted octanol–water partition coefficient (Wildman–Crippen LogP) is 4.48. The van der Waals surface area contributed by atoms with E-state index in [9.17, 15) is 13.2 Å². The van der Waals surface area contributed by atoms with Gasteiger partial charge in [-0.05, 0) is 54.0 Å². The molecule has 0 atom stereocenters. The number of pyridine rings is 1. The maximum absolute atomic E-state index is 12.9. The molecule has 6 nitrogen and oxygen atoms in total. The Morgan fingerprint density at radius 2 is 1.61 bits per heavy atom. The Hall–Kier alpha value is -3.29. The number of carbonyl (C=O) groups excluding carboxylic acids is 1. The largest absolute Gasteiger partial charge is 0.353 e. The van der Waals surface area contributed by atoms with E-state index in [1.165, 1.54) is 17.2 Å². The number of rotatable bonds is 10. The van der Waals surface area contributed by atoms with Crippen LogP contribution in [-0.2, 0) is 14.8 Å². The lowest BCUT2D eigenvalue weighted by Gasteiger charge is -2.36. The van der Waals surface area contributed by atoms with Crippen molar-refractivity contribution in [1.82, 2.24) is 14.6 Å². The molecule has 0 saturated carbocycles. The van der Waals surface area contributed by atoms with Gasteiger partial charge in [-0.3, -0.25) is 9.78 Å². The van der Waals surface area contributed by atoms with Gasteiger partial charge in [-0.25, -0.2) is 12.7 Å². The molecule has 0 aliphatic carbocycles. The van der Waals surface area contributed by atoms with Crippen molar-refractivity contribution in [3.63, 3.8) is 0 Å². The summed E-state index contributed by atoms with van der Waals surface area (Å²) >= 11 is 0. The molecule has 2 heterocycles. The highest BCUT2D eigenvalue weighted by atomic mass is 32.2. The molecular formula is C29H33N3O3S. The number of piperidine rings is 1. The fraction of sp³-hybridized carbons (Fsp3) is 0.310. The lowest BCUT2D eigenvalue weighted by Crippen LogP contribution is -2.41. The number of amides is 1. The zero-order chi connectivity index (χ0) is 25.2. The van der Waals surface area contributed by atoms with E-state index in [1.807, 2.05) is 18.2 Å². The van der Waals surface area contributed by atoms with E-state index in [0.29, 0.717) is 32.0 Å². The van der Waals surface area contributed by atoms with Crippen LogP contribution in [0.4, 0.5) is 0 Å². The van der Waals surface area contributed by atoms with Gasteiger partial charge >= 0.3 is 0 Å². The van der Waals surface area contributed by atoms with E-state index in [0.717, 1.165) is 18.4 Å². The van der Waals surface area contributed by atoms with Crippen molar-refractivity contribution >= 4 is 22.0 Å². The van der Waals surface area contributed by atoms with Crippen LogP contribution in [0, 0.1) is 5.92 Å². The number of nitrogens with one attached hydrogen (secondary N) is 1. The molecule has 1 N–H and O–H groups in total. The second-order valence-electron chi connectivity index (χ2n) is 9.12. The van der Waals surface area contributed by atoms with Crippen LogP contribution in [0.2, 0.25) is 0 Å². The van der Waals surface area contributed by atoms with Gasteiger partial charge in [0, 0.05) is 44.0 Å². The molecule has 188 valence electrons. The minimum Gasteiger partial charge on any atom is -0.353 e. The topological polar surface area (TPSA) is 79.4 Å². The van der Waals surface area contributed by atoms with Crippen molar-refractivity contribution in [2.24, 2.45) is 5.92 Å². The first-order chi connectivity index (χ1) is 17.5. The summed E-state index contributed by atoms with van der Waals surface area (Å²) in [5.41, 5.74) is 3.39. The summed E-state index contributed by atoms with van der Waals surface area (Å²) in [6, 6.07) is 24.7. The average Bonchev–Trinajstić information content (AvgIpc) is 2.92. The van der Waals surface area contributed by atoms with Crippen molar-refractivity contribution in [3.05, 3.63) is 108 Å². The molecule has 1 aliphatic rings.